The Balaban J connectivity index is 1.61. The second-order valence-electron chi connectivity index (χ2n) is 4.98. The fraction of sp³-hybridized carbons (Fsp3) is 0. The van der Waals surface area contributed by atoms with Crippen molar-refractivity contribution in [2.45, 2.75) is 0 Å². The van der Waals surface area contributed by atoms with Crippen molar-refractivity contribution in [2.24, 2.45) is 0 Å². The number of nitrogens with one attached hydrogen (secondary N) is 1. The monoisotopic (exact) mass is 303 g/mol. The summed E-state index contributed by atoms with van der Waals surface area (Å²) in [7, 11) is 0. The van der Waals surface area contributed by atoms with Crippen LogP contribution in [0.4, 0.5) is 10.8 Å². The topological polar surface area (TPSA) is 37.8 Å². The van der Waals surface area contributed by atoms with Crippen LogP contribution in [0.5, 0.6) is 0 Å². The lowest BCUT2D eigenvalue weighted by atomic mass is 10.1. The maximum Gasteiger partial charge on any atom is 0.207 e. The molecule has 1 heterocycles. The predicted molar refractivity (Wildman–Crippen MR) is 92.6 cm³/mol. The van der Waals surface area contributed by atoms with E-state index >= 15 is 0 Å². The third kappa shape index (κ3) is 2.56. The standard InChI is InChI=1S/C18H13N3S/c1-2-7-14(8-3-1)17-20-18(22-21-17)19-16-11-10-13-6-4-5-9-15(13)12-16/h1-12H,(H,19,20,21). The number of rotatable bonds is 3. The van der Waals surface area contributed by atoms with E-state index in [2.05, 4.69) is 45.0 Å². The highest BCUT2D eigenvalue weighted by Crippen LogP contribution is 2.25. The molecule has 106 valence electrons. The lowest BCUT2D eigenvalue weighted by molar-refractivity contribution is 1.32. The van der Waals surface area contributed by atoms with Crippen LogP contribution >= 0.6 is 11.5 Å². The van der Waals surface area contributed by atoms with Crippen LogP contribution < -0.4 is 5.32 Å². The van der Waals surface area contributed by atoms with E-state index in [1.807, 2.05) is 42.5 Å². The molecule has 4 heteroatoms. The molecule has 1 N–H and O–H groups in total. The molecule has 0 saturated heterocycles. The van der Waals surface area contributed by atoms with Crippen LogP contribution in [0.1, 0.15) is 0 Å². The smallest absolute Gasteiger partial charge is 0.207 e. The zero-order chi connectivity index (χ0) is 14.8. The molecule has 0 aliphatic heterocycles. The van der Waals surface area contributed by atoms with Gasteiger partial charge in [0.15, 0.2) is 5.82 Å². The second-order valence-corrected chi connectivity index (χ2v) is 5.73. The van der Waals surface area contributed by atoms with Crippen molar-refractivity contribution >= 4 is 33.1 Å². The summed E-state index contributed by atoms with van der Waals surface area (Å²) in [6, 6.07) is 24.6. The van der Waals surface area contributed by atoms with Crippen LogP contribution in [0.25, 0.3) is 22.2 Å². The van der Waals surface area contributed by atoms with E-state index in [0.717, 1.165) is 22.2 Å². The van der Waals surface area contributed by atoms with Crippen molar-refractivity contribution in [3.05, 3.63) is 72.8 Å². The molecule has 0 spiro atoms. The summed E-state index contributed by atoms with van der Waals surface area (Å²) >= 11 is 1.37. The Bertz CT molecular complexity index is 916. The number of aromatic nitrogens is 2. The summed E-state index contributed by atoms with van der Waals surface area (Å²) in [5, 5.41) is 6.57. The average Bonchev–Trinajstić information content (AvgIpc) is 3.04. The summed E-state index contributed by atoms with van der Waals surface area (Å²) in [6.07, 6.45) is 0. The van der Waals surface area contributed by atoms with Gasteiger partial charge in [0, 0.05) is 22.8 Å². The number of hydrogen-bond donors (Lipinski definition) is 1. The SMILES string of the molecule is c1ccc(-c2nsc(Nc3ccc4ccccc4c3)n2)cc1. The van der Waals surface area contributed by atoms with Gasteiger partial charge in [-0.3, -0.25) is 0 Å². The molecule has 0 saturated carbocycles. The van der Waals surface area contributed by atoms with E-state index in [0.29, 0.717) is 0 Å². The van der Waals surface area contributed by atoms with Gasteiger partial charge in [-0.1, -0.05) is 60.7 Å². The highest BCUT2D eigenvalue weighted by molar-refractivity contribution is 7.09. The van der Waals surface area contributed by atoms with Gasteiger partial charge in [-0.15, -0.1) is 0 Å². The quantitative estimate of drug-likeness (QED) is 0.572. The Morgan fingerprint density at radius 3 is 2.41 bits per heavy atom. The van der Waals surface area contributed by atoms with E-state index in [-0.39, 0.29) is 0 Å². The first-order valence-corrected chi connectivity index (χ1v) is 7.81. The molecular weight excluding hydrogens is 290 g/mol. The molecule has 0 amide bonds. The van der Waals surface area contributed by atoms with Crippen molar-refractivity contribution in [3.8, 4) is 11.4 Å². The number of anilines is 2. The van der Waals surface area contributed by atoms with Gasteiger partial charge >= 0.3 is 0 Å². The number of hydrogen-bond acceptors (Lipinski definition) is 4. The first-order chi connectivity index (χ1) is 10.9. The van der Waals surface area contributed by atoms with Crippen molar-refractivity contribution in [1.29, 1.82) is 0 Å². The number of fused-ring (bicyclic) bond motifs is 1. The van der Waals surface area contributed by atoms with Crippen LogP contribution in [0.3, 0.4) is 0 Å². The van der Waals surface area contributed by atoms with Gasteiger partial charge in [-0.25, -0.2) is 0 Å². The van der Waals surface area contributed by atoms with Crippen molar-refractivity contribution in [3.63, 3.8) is 0 Å². The molecule has 0 bridgehead atoms. The maximum absolute atomic E-state index is 4.55. The minimum absolute atomic E-state index is 0.758. The minimum atomic E-state index is 0.758. The molecule has 4 aromatic rings. The zero-order valence-electron chi connectivity index (χ0n) is 11.7. The van der Waals surface area contributed by atoms with Crippen LogP contribution in [0.15, 0.2) is 72.8 Å². The summed E-state index contributed by atoms with van der Waals surface area (Å²) in [6.45, 7) is 0. The first kappa shape index (κ1) is 13.0. The highest BCUT2D eigenvalue weighted by atomic mass is 32.1. The molecule has 22 heavy (non-hydrogen) atoms. The Morgan fingerprint density at radius 2 is 1.55 bits per heavy atom. The molecular formula is C18H13N3S. The van der Waals surface area contributed by atoms with Gasteiger partial charge in [0.1, 0.15) is 0 Å². The summed E-state index contributed by atoms with van der Waals surface area (Å²) in [5.41, 5.74) is 2.06. The zero-order valence-corrected chi connectivity index (χ0v) is 12.5. The van der Waals surface area contributed by atoms with E-state index in [1.54, 1.807) is 0 Å². The molecule has 3 aromatic carbocycles. The molecule has 0 aliphatic carbocycles. The van der Waals surface area contributed by atoms with Crippen LogP contribution in [0, 0.1) is 0 Å². The first-order valence-electron chi connectivity index (χ1n) is 7.03. The summed E-state index contributed by atoms with van der Waals surface area (Å²) in [4.78, 5) is 4.55. The normalized spacial score (nSPS) is 10.7. The van der Waals surface area contributed by atoms with Crippen LogP contribution in [-0.4, -0.2) is 9.36 Å². The second kappa shape index (κ2) is 5.58. The Hall–Kier alpha value is -2.72. The molecule has 0 atom stereocenters. The Labute approximate surface area is 132 Å². The fourth-order valence-corrected chi connectivity index (χ4v) is 2.98. The Kier molecular flexibility index (Phi) is 3.29. The van der Waals surface area contributed by atoms with Gasteiger partial charge < -0.3 is 5.32 Å². The van der Waals surface area contributed by atoms with Gasteiger partial charge in [0.25, 0.3) is 0 Å². The van der Waals surface area contributed by atoms with E-state index in [9.17, 15) is 0 Å². The number of nitrogens with zero attached hydrogens (tertiary/aromatic N) is 2. The van der Waals surface area contributed by atoms with Crippen LogP contribution in [-0.2, 0) is 0 Å². The summed E-state index contributed by atoms with van der Waals surface area (Å²) in [5.74, 6) is 0.758. The molecule has 0 fully saturated rings. The van der Waals surface area contributed by atoms with E-state index in [4.69, 9.17) is 0 Å². The lowest BCUT2D eigenvalue weighted by Crippen LogP contribution is -1.89. The fourth-order valence-electron chi connectivity index (χ4n) is 2.37. The largest absolute Gasteiger partial charge is 0.330 e. The van der Waals surface area contributed by atoms with E-state index in [1.165, 1.54) is 22.3 Å². The molecule has 0 unspecified atom stereocenters. The van der Waals surface area contributed by atoms with Crippen LogP contribution in [0.2, 0.25) is 0 Å². The van der Waals surface area contributed by atoms with Crippen molar-refractivity contribution in [2.75, 3.05) is 5.32 Å². The van der Waals surface area contributed by atoms with E-state index < -0.39 is 0 Å². The minimum Gasteiger partial charge on any atom is -0.330 e. The maximum atomic E-state index is 4.55. The van der Waals surface area contributed by atoms with Crippen molar-refractivity contribution in [1.82, 2.24) is 9.36 Å². The third-order valence-corrected chi connectivity index (χ3v) is 4.09. The Morgan fingerprint density at radius 1 is 0.773 bits per heavy atom. The summed E-state index contributed by atoms with van der Waals surface area (Å²) < 4.78 is 4.41. The molecule has 4 rings (SSSR count). The molecule has 1 aromatic heterocycles. The molecule has 0 aliphatic rings. The number of benzene rings is 3. The average molecular weight is 303 g/mol. The van der Waals surface area contributed by atoms with Gasteiger partial charge in [0.2, 0.25) is 5.13 Å². The van der Waals surface area contributed by atoms with Gasteiger partial charge in [0.05, 0.1) is 0 Å². The predicted octanol–water partition coefficient (Wildman–Crippen LogP) is 5.10. The van der Waals surface area contributed by atoms with Crippen molar-refractivity contribution < 1.29 is 0 Å². The third-order valence-electron chi connectivity index (χ3n) is 3.46. The van der Waals surface area contributed by atoms with Gasteiger partial charge in [-0.2, -0.15) is 9.36 Å². The van der Waals surface area contributed by atoms with Gasteiger partial charge in [-0.05, 0) is 22.9 Å². The highest BCUT2D eigenvalue weighted by Gasteiger charge is 2.06. The molecule has 0 radical (unpaired) electrons. The lowest BCUT2D eigenvalue weighted by Gasteiger charge is -2.04. The molecule has 3 nitrogen and oxygen atoms in total.